The summed E-state index contributed by atoms with van der Waals surface area (Å²) in [5.41, 5.74) is 5.36. The fraction of sp³-hybridized carbons (Fsp3) is 1.00. The first-order valence-corrected chi connectivity index (χ1v) is 3.81. The van der Waals surface area contributed by atoms with Gasteiger partial charge in [0.15, 0.2) is 0 Å². The van der Waals surface area contributed by atoms with Crippen molar-refractivity contribution in [3.63, 3.8) is 0 Å². The van der Waals surface area contributed by atoms with E-state index in [0.717, 1.165) is 19.6 Å². The van der Waals surface area contributed by atoms with Gasteiger partial charge in [-0.3, -0.25) is 4.90 Å². The summed E-state index contributed by atoms with van der Waals surface area (Å²) in [5.74, 6) is 0. The van der Waals surface area contributed by atoms with E-state index < -0.39 is 0 Å². The SMILES string of the molecule is CCN(CCN)C[C@H](C)O. The van der Waals surface area contributed by atoms with Crippen molar-refractivity contribution < 1.29 is 5.11 Å². The number of rotatable bonds is 5. The van der Waals surface area contributed by atoms with Crippen molar-refractivity contribution in [3.8, 4) is 0 Å². The lowest BCUT2D eigenvalue weighted by atomic mass is 10.3. The molecule has 0 radical (unpaired) electrons. The molecule has 0 aromatic rings. The minimum absolute atomic E-state index is 0.244. The van der Waals surface area contributed by atoms with Crippen molar-refractivity contribution in [1.29, 1.82) is 0 Å². The van der Waals surface area contributed by atoms with Gasteiger partial charge in [-0.05, 0) is 13.5 Å². The Kier molecular flexibility index (Phi) is 5.58. The molecule has 0 aromatic carbocycles. The number of nitrogens with zero attached hydrogens (tertiary/aromatic N) is 1. The highest BCUT2D eigenvalue weighted by atomic mass is 16.3. The molecule has 0 aliphatic rings. The molecular weight excluding hydrogens is 128 g/mol. The maximum absolute atomic E-state index is 9.00. The monoisotopic (exact) mass is 146 g/mol. The number of hydrogen-bond donors (Lipinski definition) is 2. The molecule has 3 N–H and O–H groups in total. The lowest BCUT2D eigenvalue weighted by molar-refractivity contribution is 0.132. The number of hydrogen-bond acceptors (Lipinski definition) is 3. The van der Waals surface area contributed by atoms with Crippen molar-refractivity contribution in [2.24, 2.45) is 5.73 Å². The van der Waals surface area contributed by atoms with Crippen molar-refractivity contribution >= 4 is 0 Å². The summed E-state index contributed by atoms with van der Waals surface area (Å²) < 4.78 is 0. The second kappa shape index (κ2) is 5.65. The Morgan fingerprint density at radius 1 is 1.60 bits per heavy atom. The van der Waals surface area contributed by atoms with Gasteiger partial charge < -0.3 is 10.8 Å². The maximum Gasteiger partial charge on any atom is 0.0639 e. The number of aliphatic hydroxyl groups is 1. The average molecular weight is 146 g/mol. The largest absolute Gasteiger partial charge is 0.392 e. The average Bonchev–Trinajstić information content (AvgIpc) is 1.86. The number of likely N-dealkylation sites (N-methyl/N-ethyl adjacent to an activating group) is 1. The molecule has 10 heavy (non-hydrogen) atoms. The lowest BCUT2D eigenvalue weighted by Crippen LogP contribution is -2.34. The van der Waals surface area contributed by atoms with Gasteiger partial charge in [0, 0.05) is 19.6 Å². The van der Waals surface area contributed by atoms with Crippen LogP contribution in [0.15, 0.2) is 0 Å². The lowest BCUT2D eigenvalue weighted by Gasteiger charge is -2.20. The number of aliphatic hydroxyl groups excluding tert-OH is 1. The molecule has 3 nitrogen and oxygen atoms in total. The minimum atomic E-state index is -0.244. The second-order valence-electron chi connectivity index (χ2n) is 2.53. The molecule has 0 amide bonds. The van der Waals surface area contributed by atoms with Gasteiger partial charge in [-0.2, -0.15) is 0 Å². The zero-order chi connectivity index (χ0) is 7.98. The van der Waals surface area contributed by atoms with Crippen LogP contribution in [0.25, 0.3) is 0 Å². The van der Waals surface area contributed by atoms with Gasteiger partial charge in [0.2, 0.25) is 0 Å². The first-order valence-electron chi connectivity index (χ1n) is 3.81. The Hall–Kier alpha value is -0.120. The molecule has 0 spiro atoms. The molecule has 62 valence electrons. The van der Waals surface area contributed by atoms with Crippen LogP contribution in [0, 0.1) is 0 Å². The summed E-state index contributed by atoms with van der Waals surface area (Å²) in [6.45, 7) is 7.09. The third kappa shape index (κ3) is 4.73. The van der Waals surface area contributed by atoms with Crippen molar-refractivity contribution in [1.82, 2.24) is 4.90 Å². The number of nitrogens with two attached hydrogens (primary N) is 1. The van der Waals surface area contributed by atoms with E-state index in [-0.39, 0.29) is 6.10 Å². The molecule has 0 saturated heterocycles. The van der Waals surface area contributed by atoms with E-state index in [1.165, 1.54) is 0 Å². The molecule has 0 rings (SSSR count). The quantitative estimate of drug-likeness (QED) is 0.557. The molecule has 0 fully saturated rings. The van der Waals surface area contributed by atoms with E-state index in [2.05, 4.69) is 11.8 Å². The van der Waals surface area contributed by atoms with E-state index in [4.69, 9.17) is 10.8 Å². The van der Waals surface area contributed by atoms with E-state index in [1.54, 1.807) is 6.92 Å². The van der Waals surface area contributed by atoms with Crippen LogP contribution >= 0.6 is 0 Å². The van der Waals surface area contributed by atoms with Crippen LogP contribution in [0.3, 0.4) is 0 Å². The highest BCUT2D eigenvalue weighted by molar-refractivity contribution is 4.58. The fourth-order valence-electron chi connectivity index (χ4n) is 0.935. The molecular formula is C7H18N2O. The predicted molar refractivity (Wildman–Crippen MR) is 42.8 cm³/mol. The second-order valence-corrected chi connectivity index (χ2v) is 2.53. The topological polar surface area (TPSA) is 49.5 Å². The normalized spacial score (nSPS) is 14.1. The molecule has 1 atom stereocenters. The van der Waals surface area contributed by atoms with Crippen LogP contribution in [0.4, 0.5) is 0 Å². The third-order valence-electron chi connectivity index (χ3n) is 1.41. The van der Waals surface area contributed by atoms with E-state index >= 15 is 0 Å². The summed E-state index contributed by atoms with van der Waals surface area (Å²) in [6.07, 6.45) is -0.244. The Balaban J connectivity index is 3.39. The molecule has 0 unspecified atom stereocenters. The van der Waals surface area contributed by atoms with Crippen LogP contribution < -0.4 is 5.73 Å². The zero-order valence-corrected chi connectivity index (χ0v) is 6.88. The smallest absolute Gasteiger partial charge is 0.0639 e. The van der Waals surface area contributed by atoms with Gasteiger partial charge in [-0.15, -0.1) is 0 Å². The van der Waals surface area contributed by atoms with Crippen LogP contribution in [0.1, 0.15) is 13.8 Å². The predicted octanol–water partition coefficient (Wildman–Crippen LogP) is -0.352. The summed E-state index contributed by atoms with van der Waals surface area (Å²) >= 11 is 0. The molecule has 0 aromatic heterocycles. The van der Waals surface area contributed by atoms with Crippen molar-refractivity contribution in [3.05, 3.63) is 0 Å². The Morgan fingerprint density at radius 2 is 2.20 bits per heavy atom. The van der Waals surface area contributed by atoms with Gasteiger partial charge in [-0.1, -0.05) is 6.92 Å². The zero-order valence-electron chi connectivity index (χ0n) is 6.88. The van der Waals surface area contributed by atoms with E-state index in [0.29, 0.717) is 6.54 Å². The van der Waals surface area contributed by atoms with Gasteiger partial charge >= 0.3 is 0 Å². The minimum Gasteiger partial charge on any atom is -0.392 e. The van der Waals surface area contributed by atoms with Crippen molar-refractivity contribution in [2.45, 2.75) is 20.0 Å². The van der Waals surface area contributed by atoms with Gasteiger partial charge in [0.25, 0.3) is 0 Å². The first-order chi connectivity index (χ1) is 4.70. The Labute approximate surface area is 62.8 Å². The molecule has 0 saturated carbocycles. The highest BCUT2D eigenvalue weighted by Crippen LogP contribution is 1.89. The molecule has 0 aliphatic heterocycles. The standard InChI is InChI=1S/C7H18N2O/c1-3-9(5-4-8)6-7(2)10/h7,10H,3-6,8H2,1-2H3/t7-/m0/s1. The highest BCUT2D eigenvalue weighted by Gasteiger charge is 2.03. The Bertz CT molecular complexity index is 76.0. The van der Waals surface area contributed by atoms with Gasteiger partial charge in [0.1, 0.15) is 0 Å². The van der Waals surface area contributed by atoms with Crippen LogP contribution in [-0.4, -0.2) is 42.3 Å². The van der Waals surface area contributed by atoms with Crippen LogP contribution in [0.2, 0.25) is 0 Å². The Morgan fingerprint density at radius 3 is 2.50 bits per heavy atom. The van der Waals surface area contributed by atoms with Crippen molar-refractivity contribution in [2.75, 3.05) is 26.2 Å². The summed E-state index contributed by atoms with van der Waals surface area (Å²) in [7, 11) is 0. The van der Waals surface area contributed by atoms with E-state index in [1.807, 2.05) is 0 Å². The molecule has 0 heterocycles. The maximum atomic E-state index is 9.00. The summed E-state index contributed by atoms with van der Waals surface area (Å²) in [4.78, 5) is 2.13. The van der Waals surface area contributed by atoms with Gasteiger partial charge in [-0.25, -0.2) is 0 Å². The molecule has 3 heteroatoms. The van der Waals surface area contributed by atoms with Gasteiger partial charge in [0.05, 0.1) is 6.10 Å². The molecule has 0 aliphatic carbocycles. The molecule has 0 bridgehead atoms. The fourth-order valence-corrected chi connectivity index (χ4v) is 0.935. The van der Waals surface area contributed by atoms with E-state index in [9.17, 15) is 0 Å². The summed E-state index contributed by atoms with van der Waals surface area (Å²) in [5, 5.41) is 9.00. The first kappa shape index (κ1) is 9.88. The third-order valence-corrected chi connectivity index (χ3v) is 1.41. The summed E-state index contributed by atoms with van der Waals surface area (Å²) in [6, 6.07) is 0. The van der Waals surface area contributed by atoms with Crippen LogP contribution in [-0.2, 0) is 0 Å². The van der Waals surface area contributed by atoms with Crippen LogP contribution in [0.5, 0.6) is 0 Å².